The first-order valence-electron chi connectivity index (χ1n) is 15.6. The molecular formula is C35H39F3O8S. The highest BCUT2D eigenvalue weighted by atomic mass is 32.2. The van der Waals surface area contributed by atoms with Gasteiger partial charge in [0.15, 0.2) is 23.7 Å². The summed E-state index contributed by atoms with van der Waals surface area (Å²) in [6.45, 7) is 7.06. The second-order valence-corrected chi connectivity index (χ2v) is 15.0. The number of hydrogen-bond acceptors (Lipinski definition) is 9. The summed E-state index contributed by atoms with van der Waals surface area (Å²) in [7, 11) is 0. The van der Waals surface area contributed by atoms with E-state index in [9.17, 15) is 28.7 Å². The molecule has 0 aromatic carbocycles. The van der Waals surface area contributed by atoms with Crippen molar-refractivity contribution in [3.8, 4) is 11.8 Å². The lowest BCUT2D eigenvalue weighted by atomic mass is 9.44. The van der Waals surface area contributed by atoms with Crippen molar-refractivity contribution in [2.24, 2.45) is 28.6 Å². The molecule has 3 fully saturated rings. The van der Waals surface area contributed by atoms with Crippen LogP contribution in [-0.2, 0) is 23.9 Å². The Morgan fingerprint density at radius 2 is 1.91 bits per heavy atom. The molecule has 8 nitrogen and oxygen atoms in total. The molecule has 0 aliphatic heterocycles. The summed E-state index contributed by atoms with van der Waals surface area (Å²) in [5.74, 6) is 0.482. The number of ether oxygens (including phenoxy) is 2. The topological polar surface area (TPSA) is 120 Å². The number of carbonyl (C=O) groups is 4. The van der Waals surface area contributed by atoms with Crippen molar-refractivity contribution in [1.29, 1.82) is 0 Å². The molecular weight excluding hydrogens is 637 g/mol. The lowest BCUT2D eigenvalue weighted by Gasteiger charge is -2.63. The van der Waals surface area contributed by atoms with Gasteiger partial charge < -0.3 is 19.0 Å². The molecule has 47 heavy (non-hydrogen) atoms. The summed E-state index contributed by atoms with van der Waals surface area (Å²) in [5.41, 5.74) is -8.97. The van der Waals surface area contributed by atoms with Gasteiger partial charge in [-0.15, -0.1) is 0 Å². The van der Waals surface area contributed by atoms with Crippen LogP contribution in [0, 0.1) is 40.4 Å². The van der Waals surface area contributed by atoms with Crippen LogP contribution >= 0.6 is 11.8 Å². The lowest BCUT2D eigenvalue weighted by molar-refractivity contribution is -0.221. The first kappa shape index (κ1) is 35.0. The second kappa shape index (κ2) is 12.3. The van der Waals surface area contributed by atoms with Gasteiger partial charge in [-0.05, 0) is 75.8 Å². The fourth-order valence-electron chi connectivity index (χ4n) is 8.63. The molecule has 1 aromatic rings. The molecule has 4 unspecified atom stereocenters. The van der Waals surface area contributed by atoms with Crippen LogP contribution in [0.4, 0.5) is 13.2 Å². The zero-order valence-corrected chi connectivity index (χ0v) is 27.8. The Balaban J connectivity index is 1.46. The molecule has 1 heterocycles. The quantitative estimate of drug-likeness (QED) is 0.287. The number of rotatable bonds is 7. The Morgan fingerprint density at radius 1 is 1.19 bits per heavy atom. The molecule has 12 heteroatoms. The van der Waals surface area contributed by atoms with Crippen molar-refractivity contribution in [1.82, 2.24) is 0 Å². The number of hydrogen-bond donors (Lipinski definition) is 1. The van der Waals surface area contributed by atoms with E-state index >= 15 is 8.78 Å². The number of ketones is 1. The summed E-state index contributed by atoms with van der Waals surface area (Å²) in [4.78, 5) is 51.7. The van der Waals surface area contributed by atoms with Gasteiger partial charge in [0.05, 0.1) is 24.5 Å². The average Bonchev–Trinajstić information content (AvgIpc) is 3.59. The Labute approximate surface area is 275 Å². The normalized spacial score (nSPS) is 37.4. The van der Waals surface area contributed by atoms with Crippen LogP contribution in [0.3, 0.4) is 0 Å². The van der Waals surface area contributed by atoms with Crippen molar-refractivity contribution >= 4 is 34.6 Å². The van der Waals surface area contributed by atoms with Crippen LogP contribution in [0.15, 0.2) is 46.6 Å². The third-order valence-corrected chi connectivity index (χ3v) is 11.6. The van der Waals surface area contributed by atoms with Crippen LogP contribution in [0.5, 0.6) is 0 Å². The highest BCUT2D eigenvalue weighted by molar-refractivity contribution is 8.14. The van der Waals surface area contributed by atoms with Crippen LogP contribution < -0.4 is 0 Å². The SMILES string of the molecule is C[C@@H]1CC2C3C[C@H](F)C4=CC(=O)C=CC4(C)[C@@]3(F)[C@@H](O)CC2(C)[C@@]1(OC(=O)c1ccco1)C(=O)SCC#CCOC(=O)CC(C)(C)F. The molecule has 3 saturated carbocycles. The van der Waals surface area contributed by atoms with Gasteiger partial charge >= 0.3 is 11.9 Å². The maximum absolute atomic E-state index is 17.7. The smallest absolute Gasteiger partial charge is 0.375 e. The number of fused-ring (bicyclic) bond motifs is 5. The van der Waals surface area contributed by atoms with Gasteiger partial charge in [0.1, 0.15) is 11.8 Å². The van der Waals surface area contributed by atoms with E-state index in [0.717, 1.165) is 17.8 Å². The Bertz CT molecular complexity index is 1570. The van der Waals surface area contributed by atoms with Crippen molar-refractivity contribution < 1.29 is 51.3 Å². The molecule has 4 aliphatic carbocycles. The van der Waals surface area contributed by atoms with Crippen LogP contribution in [0.25, 0.3) is 0 Å². The first-order valence-corrected chi connectivity index (χ1v) is 16.6. The lowest BCUT2D eigenvalue weighted by Crippen LogP contribution is -2.70. The summed E-state index contributed by atoms with van der Waals surface area (Å²) >= 11 is 0.758. The van der Waals surface area contributed by atoms with E-state index in [1.54, 1.807) is 13.8 Å². The monoisotopic (exact) mass is 676 g/mol. The highest BCUT2D eigenvalue weighted by Gasteiger charge is 2.78. The van der Waals surface area contributed by atoms with E-state index in [1.807, 2.05) is 0 Å². The predicted octanol–water partition coefficient (Wildman–Crippen LogP) is 5.68. The van der Waals surface area contributed by atoms with Gasteiger partial charge in [0.2, 0.25) is 10.9 Å². The van der Waals surface area contributed by atoms with Crippen LogP contribution in [-0.4, -0.2) is 69.5 Å². The summed E-state index contributed by atoms with van der Waals surface area (Å²) in [5, 5.41) is 11.1. The predicted molar refractivity (Wildman–Crippen MR) is 166 cm³/mol. The number of allylic oxidation sites excluding steroid dienone is 4. The van der Waals surface area contributed by atoms with E-state index in [-0.39, 0.29) is 43.0 Å². The second-order valence-electron chi connectivity index (χ2n) is 14.1. The molecule has 1 N–H and O–H groups in total. The first-order chi connectivity index (χ1) is 21.9. The number of aliphatic hydroxyl groups is 1. The van der Waals surface area contributed by atoms with Crippen molar-refractivity contribution in [2.75, 3.05) is 12.4 Å². The van der Waals surface area contributed by atoms with E-state index < -0.39 is 87.1 Å². The van der Waals surface area contributed by atoms with Crippen molar-refractivity contribution in [3.63, 3.8) is 0 Å². The van der Waals surface area contributed by atoms with E-state index in [0.29, 0.717) is 0 Å². The van der Waals surface area contributed by atoms with E-state index in [4.69, 9.17) is 13.9 Å². The highest BCUT2D eigenvalue weighted by Crippen LogP contribution is 2.72. The summed E-state index contributed by atoms with van der Waals surface area (Å²) < 4.78 is 63.5. The zero-order chi connectivity index (χ0) is 34.6. The number of alkyl halides is 3. The van der Waals surface area contributed by atoms with Crippen LogP contribution in [0.1, 0.15) is 70.9 Å². The molecule has 0 radical (unpaired) electrons. The molecule has 0 bridgehead atoms. The fraction of sp³-hybridized carbons (Fsp3) is 0.600. The Hall–Kier alpha value is -3.30. The zero-order valence-electron chi connectivity index (χ0n) is 26.9. The maximum atomic E-state index is 17.7. The molecule has 0 spiro atoms. The van der Waals surface area contributed by atoms with Crippen LogP contribution in [0.2, 0.25) is 0 Å². The standard InChI is InChI=1S/C35H39F3O8S/c1-20-15-22-23-17-25(36)24-16-21(39)10-11-32(24,4)34(23,38)27(40)18-33(22,5)35(20,46-29(42)26-9-8-13-44-26)30(43)47-14-7-6-12-45-28(41)19-31(2,3)37/h8-11,13,16,20,22-23,25,27,40H,12,14-15,17-19H2,1-5H3/t20-,22?,23?,25+,27+,32?,33?,34+,35+/m1/s1. The number of aliphatic hydroxyl groups excluding tert-OH is 1. The molecule has 5 rings (SSSR count). The Morgan fingerprint density at radius 3 is 2.57 bits per heavy atom. The molecule has 254 valence electrons. The number of furan rings is 1. The molecule has 0 saturated heterocycles. The van der Waals surface area contributed by atoms with Gasteiger partial charge in [-0.2, -0.15) is 0 Å². The minimum absolute atomic E-state index is 0.0164. The van der Waals surface area contributed by atoms with Gasteiger partial charge in [0.25, 0.3) is 0 Å². The van der Waals surface area contributed by atoms with Crippen molar-refractivity contribution in [2.45, 2.75) is 89.5 Å². The summed E-state index contributed by atoms with van der Waals surface area (Å²) in [6, 6.07) is 2.87. The van der Waals surface area contributed by atoms with Gasteiger partial charge in [-0.1, -0.05) is 43.5 Å². The molecule has 9 atom stereocenters. The minimum Gasteiger partial charge on any atom is -0.457 e. The van der Waals surface area contributed by atoms with E-state index in [2.05, 4.69) is 11.8 Å². The summed E-state index contributed by atoms with van der Waals surface area (Å²) in [6.07, 6.45) is 0.679. The van der Waals surface area contributed by atoms with Crippen molar-refractivity contribution in [3.05, 3.63) is 48.0 Å². The van der Waals surface area contributed by atoms with Gasteiger partial charge in [0, 0.05) is 22.7 Å². The third kappa shape index (κ3) is 5.67. The molecule has 4 aliphatic rings. The largest absolute Gasteiger partial charge is 0.457 e. The number of thioether (sulfide) groups is 1. The number of halogens is 3. The number of esters is 2. The van der Waals surface area contributed by atoms with E-state index in [1.165, 1.54) is 51.3 Å². The molecule has 0 amide bonds. The average molecular weight is 677 g/mol. The van der Waals surface area contributed by atoms with Gasteiger partial charge in [-0.3, -0.25) is 14.4 Å². The van der Waals surface area contributed by atoms with Gasteiger partial charge in [-0.25, -0.2) is 18.0 Å². The maximum Gasteiger partial charge on any atom is 0.375 e. The fourth-order valence-corrected chi connectivity index (χ4v) is 9.63. The minimum atomic E-state index is -2.37. The Kier molecular flexibility index (Phi) is 9.16. The molecule has 1 aromatic heterocycles. The third-order valence-electron chi connectivity index (χ3n) is 10.7. The number of carbonyl (C=O) groups excluding carboxylic acids is 4.